The summed E-state index contributed by atoms with van der Waals surface area (Å²) in [5.74, 6) is 0.706. The first-order valence-corrected chi connectivity index (χ1v) is 11.9. The zero-order valence-electron chi connectivity index (χ0n) is 20.2. The molecule has 35 heavy (non-hydrogen) atoms. The van der Waals surface area contributed by atoms with Crippen LogP contribution >= 0.6 is 11.6 Å². The van der Waals surface area contributed by atoms with Crippen molar-refractivity contribution < 1.29 is 19.1 Å². The van der Waals surface area contributed by atoms with Gasteiger partial charge < -0.3 is 19.7 Å². The highest BCUT2D eigenvalue weighted by Crippen LogP contribution is 2.20. The summed E-state index contributed by atoms with van der Waals surface area (Å²) in [6, 6.07) is 23.1. The van der Waals surface area contributed by atoms with E-state index in [1.807, 2.05) is 56.3 Å². The molecule has 1 atom stereocenters. The quantitative estimate of drug-likeness (QED) is 0.412. The highest BCUT2D eigenvalue weighted by atomic mass is 35.5. The summed E-state index contributed by atoms with van der Waals surface area (Å²) in [4.78, 5) is 28.4. The Labute approximate surface area is 211 Å². The van der Waals surface area contributed by atoms with E-state index in [4.69, 9.17) is 21.1 Å². The number of methoxy groups -OCH3 is 1. The molecule has 0 bridgehead atoms. The molecule has 0 saturated heterocycles. The lowest BCUT2D eigenvalue weighted by atomic mass is 10.0. The molecular formula is C28H31ClN2O4. The second-order valence-corrected chi connectivity index (χ2v) is 8.92. The SMILES string of the molecule is COc1ccc(OCC(=O)N(Cc2cccc(Cl)c2)[C@@H](Cc2ccccc2)C(=O)NC(C)C)cc1. The van der Waals surface area contributed by atoms with E-state index >= 15 is 0 Å². The van der Waals surface area contributed by atoms with Gasteiger partial charge in [-0.3, -0.25) is 9.59 Å². The lowest BCUT2D eigenvalue weighted by Crippen LogP contribution is -2.52. The van der Waals surface area contributed by atoms with Crippen LogP contribution in [0.15, 0.2) is 78.9 Å². The first kappa shape index (κ1) is 26.1. The molecule has 3 aromatic carbocycles. The Hall–Kier alpha value is -3.51. The van der Waals surface area contributed by atoms with Crippen LogP contribution in [0.2, 0.25) is 5.02 Å². The van der Waals surface area contributed by atoms with E-state index in [2.05, 4.69) is 5.32 Å². The van der Waals surface area contributed by atoms with Crippen molar-refractivity contribution in [1.29, 1.82) is 0 Å². The van der Waals surface area contributed by atoms with Crippen LogP contribution in [0.3, 0.4) is 0 Å². The fourth-order valence-corrected chi connectivity index (χ4v) is 3.88. The number of nitrogens with zero attached hydrogens (tertiary/aromatic N) is 1. The standard InChI is InChI=1S/C28H31ClN2O4/c1-20(2)30-28(33)26(17-21-8-5-4-6-9-21)31(18-22-10-7-11-23(29)16-22)27(32)19-35-25-14-12-24(34-3)13-15-25/h4-16,20,26H,17-19H2,1-3H3,(H,30,33)/t26-/m0/s1. The molecule has 0 saturated carbocycles. The predicted octanol–water partition coefficient (Wildman–Crippen LogP) is 4.89. The Kier molecular flexibility index (Phi) is 9.56. The van der Waals surface area contributed by atoms with Crippen molar-refractivity contribution in [3.8, 4) is 11.5 Å². The summed E-state index contributed by atoms with van der Waals surface area (Å²) < 4.78 is 10.9. The fraction of sp³-hybridized carbons (Fsp3) is 0.286. The lowest BCUT2D eigenvalue weighted by Gasteiger charge is -2.32. The van der Waals surface area contributed by atoms with Crippen LogP contribution in [0, 0.1) is 0 Å². The van der Waals surface area contributed by atoms with Gasteiger partial charge in [0.25, 0.3) is 5.91 Å². The van der Waals surface area contributed by atoms with Gasteiger partial charge in [-0.2, -0.15) is 0 Å². The maximum atomic E-state index is 13.5. The minimum atomic E-state index is -0.731. The molecule has 6 nitrogen and oxygen atoms in total. The first-order chi connectivity index (χ1) is 16.9. The van der Waals surface area contributed by atoms with Crippen molar-refractivity contribution in [3.05, 3.63) is 95.0 Å². The average Bonchev–Trinajstić information content (AvgIpc) is 2.85. The van der Waals surface area contributed by atoms with Crippen molar-refractivity contribution in [2.75, 3.05) is 13.7 Å². The van der Waals surface area contributed by atoms with E-state index < -0.39 is 6.04 Å². The number of hydrogen-bond acceptors (Lipinski definition) is 4. The molecule has 0 heterocycles. The third-order valence-corrected chi connectivity index (χ3v) is 5.60. The molecule has 3 aromatic rings. The second-order valence-electron chi connectivity index (χ2n) is 8.48. The molecule has 0 aliphatic heterocycles. The average molecular weight is 495 g/mol. The third-order valence-electron chi connectivity index (χ3n) is 5.37. The maximum Gasteiger partial charge on any atom is 0.261 e. The molecule has 0 aliphatic carbocycles. The molecule has 1 N–H and O–H groups in total. The van der Waals surface area contributed by atoms with Crippen LogP contribution in [-0.2, 0) is 22.6 Å². The zero-order valence-corrected chi connectivity index (χ0v) is 21.0. The molecular weight excluding hydrogens is 464 g/mol. The number of halogens is 1. The van der Waals surface area contributed by atoms with Gasteiger partial charge >= 0.3 is 0 Å². The largest absolute Gasteiger partial charge is 0.497 e. The van der Waals surface area contributed by atoms with Crippen molar-refractivity contribution in [2.45, 2.75) is 38.9 Å². The number of rotatable bonds is 11. The van der Waals surface area contributed by atoms with Gasteiger partial charge in [0.15, 0.2) is 6.61 Å². The van der Waals surface area contributed by atoms with Gasteiger partial charge in [-0.1, -0.05) is 54.1 Å². The maximum absolute atomic E-state index is 13.5. The second kappa shape index (κ2) is 12.8. The van der Waals surface area contributed by atoms with Gasteiger partial charge in [0.2, 0.25) is 5.91 Å². The predicted molar refractivity (Wildman–Crippen MR) is 138 cm³/mol. The Morgan fingerprint density at radius 3 is 2.20 bits per heavy atom. The lowest BCUT2D eigenvalue weighted by molar-refractivity contribution is -0.143. The molecule has 7 heteroatoms. The highest BCUT2D eigenvalue weighted by molar-refractivity contribution is 6.30. The van der Waals surface area contributed by atoms with E-state index in [1.54, 1.807) is 48.4 Å². The normalized spacial score (nSPS) is 11.6. The van der Waals surface area contributed by atoms with Gasteiger partial charge in [0, 0.05) is 24.0 Å². The summed E-state index contributed by atoms with van der Waals surface area (Å²) in [6.07, 6.45) is 0.369. The molecule has 0 fully saturated rings. The Balaban J connectivity index is 1.88. The van der Waals surface area contributed by atoms with E-state index in [-0.39, 0.29) is 31.0 Å². The summed E-state index contributed by atoms with van der Waals surface area (Å²) in [5, 5.41) is 3.53. The number of carbonyl (C=O) groups is 2. The molecule has 0 unspecified atom stereocenters. The molecule has 0 aliphatic rings. The van der Waals surface area contributed by atoms with E-state index in [1.165, 1.54) is 0 Å². The summed E-state index contributed by atoms with van der Waals surface area (Å²) >= 11 is 6.20. The number of nitrogens with one attached hydrogen (secondary N) is 1. The van der Waals surface area contributed by atoms with E-state index in [0.717, 1.165) is 11.1 Å². The van der Waals surface area contributed by atoms with E-state index in [0.29, 0.717) is 22.9 Å². The number of ether oxygens (including phenoxy) is 2. The van der Waals surface area contributed by atoms with Gasteiger partial charge in [0.05, 0.1) is 7.11 Å². The minimum Gasteiger partial charge on any atom is -0.497 e. The Morgan fingerprint density at radius 2 is 1.57 bits per heavy atom. The van der Waals surface area contributed by atoms with Gasteiger partial charge in [-0.05, 0) is 61.4 Å². The van der Waals surface area contributed by atoms with Crippen molar-refractivity contribution in [2.24, 2.45) is 0 Å². The fourth-order valence-electron chi connectivity index (χ4n) is 3.67. The first-order valence-electron chi connectivity index (χ1n) is 11.5. The molecule has 0 aromatic heterocycles. The van der Waals surface area contributed by atoms with Crippen LogP contribution in [0.4, 0.5) is 0 Å². The zero-order chi connectivity index (χ0) is 25.2. The summed E-state index contributed by atoms with van der Waals surface area (Å²) in [7, 11) is 1.59. The number of benzene rings is 3. The minimum absolute atomic E-state index is 0.0700. The van der Waals surface area contributed by atoms with Gasteiger partial charge in [0.1, 0.15) is 17.5 Å². The van der Waals surface area contributed by atoms with Crippen LogP contribution in [0.25, 0.3) is 0 Å². The smallest absolute Gasteiger partial charge is 0.261 e. The third kappa shape index (κ3) is 8.04. The molecule has 0 spiro atoms. The number of amides is 2. The Bertz CT molecular complexity index is 1100. The summed E-state index contributed by atoms with van der Waals surface area (Å²) in [5.41, 5.74) is 1.78. The summed E-state index contributed by atoms with van der Waals surface area (Å²) in [6.45, 7) is 3.79. The van der Waals surface area contributed by atoms with Crippen molar-refractivity contribution >= 4 is 23.4 Å². The Morgan fingerprint density at radius 1 is 0.914 bits per heavy atom. The van der Waals surface area contributed by atoms with Crippen LogP contribution < -0.4 is 14.8 Å². The molecule has 2 amide bonds. The molecule has 184 valence electrons. The topological polar surface area (TPSA) is 67.9 Å². The molecule has 3 rings (SSSR count). The van der Waals surface area contributed by atoms with Crippen molar-refractivity contribution in [3.63, 3.8) is 0 Å². The van der Waals surface area contributed by atoms with Gasteiger partial charge in [-0.25, -0.2) is 0 Å². The van der Waals surface area contributed by atoms with Crippen LogP contribution in [0.5, 0.6) is 11.5 Å². The molecule has 0 radical (unpaired) electrons. The van der Waals surface area contributed by atoms with E-state index in [9.17, 15) is 9.59 Å². The van der Waals surface area contributed by atoms with Crippen LogP contribution in [-0.4, -0.2) is 42.5 Å². The monoisotopic (exact) mass is 494 g/mol. The number of carbonyl (C=O) groups excluding carboxylic acids is 2. The highest BCUT2D eigenvalue weighted by Gasteiger charge is 2.31. The number of hydrogen-bond donors (Lipinski definition) is 1. The van der Waals surface area contributed by atoms with Gasteiger partial charge in [-0.15, -0.1) is 0 Å². The van der Waals surface area contributed by atoms with Crippen molar-refractivity contribution in [1.82, 2.24) is 10.2 Å². The van der Waals surface area contributed by atoms with Crippen LogP contribution in [0.1, 0.15) is 25.0 Å².